The SMILES string of the molecule is C[Si](C)(C)OCCC=CC(N)C(=O)O. The molecule has 0 aromatic rings. The quantitative estimate of drug-likeness (QED) is 0.398. The number of carboxylic acids is 1. The van der Waals surface area contributed by atoms with E-state index in [-0.39, 0.29) is 0 Å². The Morgan fingerprint density at radius 2 is 2.14 bits per heavy atom. The van der Waals surface area contributed by atoms with Crippen molar-refractivity contribution < 1.29 is 14.3 Å². The average Bonchev–Trinajstić information content (AvgIpc) is 2.01. The molecule has 82 valence electrons. The molecule has 0 fully saturated rings. The van der Waals surface area contributed by atoms with Gasteiger partial charge in [0.05, 0.1) is 0 Å². The topological polar surface area (TPSA) is 72.5 Å². The number of hydrogen-bond donors (Lipinski definition) is 2. The van der Waals surface area contributed by atoms with Crippen LogP contribution in [0.15, 0.2) is 12.2 Å². The van der Waals surface area contributed by atoms with Gasteiger partial charge in [0.1, 0.15) is 6.04 Å². The molecular weight excluding hydrogens is 198 g/mol. The molecule has 0 saturated heterocycles. The highest BCUT2D eigenvalue weighted by Gasteiger charge is 2.12. The fourth-order valence-corrected chi connectivity index (χ4v) is 1.49. The number of carboxylic acid groups (broad SMARTS) is 1. The van der Waals surface area contributed by atoms with Gasteiger partial charge in [-0.3, -0.25) is 4.79 Å². The summed E-state index contributed by atoms with van der Waals surface area (Å²) >= 11 is 0. The van der Waals surface area contributed by atoms with Crippen LogP contribution in [0.5, 0.6) is 0 Å². The predicted molar refractivity (Wildman–Crippen MR) is 58.7 cm³/mol. The van der Waals surface area contributed by atoms with E-state index < -0.39 is 20.3 Å². The van der Waals surface area contributed by atoms with Crippen molar-refractivity contribution in [1.82, 2.24) is 0 Å². The van der Waals surface area contributed by atoms with Crippen molar-refractivity contribution >= 4 is 14.3 Å². The van der Waals surface area contributed by atoms with Gasteiger partial charge in [-0.05, 0) is 26.1 Å². The fraction of sp³-hybridized carbons (Fsp3) is 0.667. The van der Waals surface area contributed by atoms with Crippen LogP contribution in [-0.2, 0) is 9.22 Å². The molecule has 3 N–H and O–H groups in total. The third kappa shape index (κ3) is 7.97. The standard InChI is InChI=1S/C9H19NO3Si/c1-14(2,3)13-7-5-4-6-8(10)9(11)12/h4,6,8H,5,7,10H2,1-3H3,(H,11,12). The number of carbonyl (C=O) groups is 1. The van der Waals surface area contributed by atoms with Gasteiger partial charge in [-0.2, -0.15) is 0 Å². The molecule has 1 atom stereocenters. The second kappa shape index (κ2) is 5.95. The molecule has 0 bridgehead atoms. The Balaban J connectivity index is 3.59. The smallest absolute Gasteiger partial charge is 0.324 e. The molecule has 4 nitrogen and oxygen atoms in total. The first-order valence-corrected chi connectivity index (χ1v) is 8.03. The summed E-state index contributed by atoms with van der Waals surface area (Å²) in [4.78, 5) is 10.3. The zero-order valence-corrected chi connectivity index (χ0v) is 9.99. The lowest BCUT2D eigenvalue weighted by atomic mass is 10.2. The van der Waals surface area contributed by atoms with Crippen molar-refractivity contribution in [2.24, 2.45) is 5.73 Å². The Bertz CT molecular complexity index is 211. The summed E-state index contributed by atoms with van der Waals surface area (Å²) in [7, 11) is -1.44. The first-order valence-electron chi connectivity index (χ1n) is 4.62. The van der Waals surface area contributed by atoms with Crippen LogP contribution in [0.3, 0.4) is 0 Å². The van der Waals surface area contributed by atoms with Crippen LogP contribution in [0.1, 0.15) is 6.42 Å². The van der Waals surface area contributed by atoms with Crippen molar-refractivity contribution in [1.29, 1.82) is 0 Å². The van der Waals surface area contributed by atoms with Crippen LogP contribution in [-0.4, -0.2) is 32.0 Å². The van der Waals surface area contributed by atoms with E-state index in [1.165, 1.54) is 6.08 Å². The van der Waals surface area contributed by atoms with Gasteiger partial charge >= 0.3 is 5.97 Å². The second-order valence-corrected chi connectivity index (χ2v) is 8.56. The van der Waals surface area contributed by atoms with E-state index >= 15 is 0 Å². The Labute approximate surface area is 85.9 Å². The van der Waals surface area contributed by atoms with Crippen LogP contribution in [0.25, 0.3) is 0 Å². The maximum absolute atomic E-state index is 10.3. The predicted octanol–water partition coefficient (Wildman–Crippen LogP) is 1.20. The van der Waals surface area contributed by atoms with Crippen molar-refractivity contribution in [3.8, 4) is 0 Å². The fourth-order valence-electron chi connectivity index (χ4n) is 0.758. The molecule has 0 aliphatic rings. The van der Waals surface area contributed by atoms with Crippen LogP contribution in [0.2, 0.25) is 19.6 Å². The molecule has 0 amide bonds. The van der Waals surface area contributed by atoms with E-state index in [2.05, 4.69) is 19.6 Å². The molecule has 0 aliphatic carbocycles. The van der Waals surface area contributed by atoms with E-state index in [1.807, 2.05) is 0 Å². The number of nitrogens with two attached hydrogens (primary N) is 1. The second-order valence-electron chi connectivity index (χ2n) is 4.04. The summed E-state index contributed by atoms with van der Waals surface area (Å²) in [5.74, 6) is -1.01. The van der Waals surface area contributed by atoms with Crippen LogP contribution < -0.4 is 5.73 Å². The van der Waals surface area contributed by atoms with E-state index in [4.69, 9.17) is 15.3 Å². The lowest BCUT2D eigenvalue weighted by molar-refractivity contribution is -0.137. The van der Waals surface area contributed by atoms with E-state index in [0.717, 1.165) is 0 Å². The van der Waals surface area contributed by atoms with Gasteiger partial charge < -0.3 is 15.3 Å². The van der Waals surface area contributed by atoms with Crippen molar-refractivity contribution in [3.63, 3.8) is 0 Å². The van der Waals surface area contributed by atoms with Crippen molar-refractivity contribution in [3.05, 3.63) is 12.2 Å². The number of rotatable bonds is 6. The summed E-state index contributed by atoms with van der Waals surface area (Å²) < 4.78 is 5.57. The van der Waals surface area contributed by atoms with E-state index in [9.17, 15) is 4.79 Å². The normalized spacial score (nSPS) is 14.6. The molecule has 0 heterocycles. The van der Waals surface area contributed by atoms with E-state index in [0.29, 0.717) is 13.0 Å². The lowest BCUT2D eigenvalue weighted by Crippen LogP contribution is -2.27. The summed E-state index contributed by atoms with van der Waals surface area (Å²) in [6, 6.07) is -0.901. The van der Waals surface area contributed by atoms with Gasteiger partial charge in [-0.1, -0.05) is 12.2 Å². The summed E-state index contributed by atoms with van der Waals surface area (Å²) in [6.45, 7) is 6.97. The lowest BCUT2D eigenvalue weighted by Gasteiger charge is -2.15. The zero-order valence-electron chi connectivity index (χ0n) is 8.99. The van der Waals surface area contributed by atoms with Gasteiger partial charge in [0.2, 0.25) is 0 Å². The largest absolute Gasteiger partial charge is 0.480 e. The van der Waals surface area contributed by atoms with Gasteiger partial charge in [0.15, 0.2) is 8.32 Å². The molecule has 1 unspecified atom stereocenters. The molecule has 0 rings (SSSR count). The highest BCUT2D eigenvalue weighted by Crippen LogP contribution is 2.03. The van der Waals surface area contributed by atoms with Crippen molar-refractivity contribution in [2.75, 3.05) is 6.61 Å². The van der Waals surface area contributed by atoms with Crippen LogP contribution in [0.4, 0.5) is 0 Å². The van der Waals surface area contributed by atoms with E-state index in [1.54, 1.807) is 6.08 Å². The molecular formula is C9H19NO3Si. The zero-order chi connectivity index (χ0) is 11.2. The van der Waals surface area contributed by atoms with Crippen LogP contribution in [0, 0.1) is 0 Å². The first-order chi connectivity index (χ1) is 6.33. The Hall–Kier alpha value is -0.653. The molecule has 14 heavy (non-hydrogen) atoms. The number of aliphatic carboxylic acids is 1. The minimum absolute atomic E-state index is 0.637. The molecule has 0 radical (unpaired) electrons. The monoisotopic (exact) mass is 217 g/mol. The minimum Gasteiger partial charge on any atom is -0.480 e. The van der Waals surface area contributed by atoms with Gasteiger partial charge in [0, 0.05) is 6.61 Å². The average molecular weight is 217 g/mol. The van der Waals surface area contributed by atoms with Crippen LogP contribution >= 0.6 is 0 Å². The Morgan fingerprint density at radius 3 is 2.57 bits per heavy atom. The molecule has 0 spiro atoms. The highest BCUT2D eigenvalue weighted by atomic mass is 28.4. The number of hydrogen-bond acceptors (Lipinski definition) is 3. The Morgan fingerprint density at radius 1 is 1.57 bits per heavy atom. The highest BCUT2D eigenvalue weighted by molar-refractivity contribution is 6.69. The summed E-state index contributed by atoms with van der Waals surface area (Å²) in [5, 5.41) is 8.47. The van der Waals surface area contributed by atoms with Gasteiger partial charge in [-0.25, -0.2) is 0 Å². The summed E-state index contributed by atoms with van der Waals surface area (Å²) in [6.07, 6.45) is 3.94. The molecule has 0 aromatic heterocycles. The van der Waals surface area contributed by atoms with Gasteiger partial charge in [-0.15, -0.1) is 0 Å². The maximum atomic E-state index is 10.3. The van der Waals surface area contributed by atoms with Gasteiger partial charge in [0.25, 0.3) is 0 Å². The third-order valence-electron chi connectivity index (χ3n) is 1.45. The minimum atomic E-state index is -1.44. The maximum Gasteiger partial charge on any atom is 0.324 e. The molecule has 0 aliphatic heterocycles. The first kappa shape index (κ1) is 13.3. The third-order valence-corrected chi connectivity index (χ3v) is 2.52. The molecule has 0 aromatic carbocycles. The molecule has 5 heteroatoms. The van der Waals surface area contributed by atoms with Crippen molar-refractivity contribution in [2.45, 2.75) is 32.1 Å². The Kier molecular flexibility index (Phi) is 5.67. The summed E-state index contributed by atoms with van der Waals surface area (Å²) in [5.41, 5.74) is 5.27. The molecule has 0 saturated carbocycles.